The highest BCUT2D eigenvalue weighted by Crippen LogP contribution is 2.29. The van der Waals surface area contributed by atoms with E-state index in [1.807, 2.05) is 0 Å². The molecule has 3 atom stereocenters. The van der Waals surface area contributed by atoms with E-state index in [-0.39, 0.29) is 0 Å². The molecule has 2 saturated heterocycles. The lowest BCUT2D eigenvalue weighted by atomic mass is 9.87. The first-order chi connectivity index (χ1) is 5.86. The average molecular weight is 170 g/mol. The molecule has 0 aromatic carbocycles. The highest BCUT2D eigenvalue weighted by molar-refractivity contribution is 4.76. The van der Waals surface area contributed by atoms with Gasteiger partial charge in [0.25, 0.3) is 0 Å². The van der Waals surface area contributed by atoms with Gasteiger partial charge in [0.05, 0.1) is 0 Å². The molecule has 0 N–H and O–H groups in total. The van der Waals surface area contributed by atoms with Crippen LogP contribution in [0, 0.1) is 17.8 Å². The Kier molecular flexibility index (Phi) is 2.66. The highest BCUT2D eigenvalue weighted by atomic mass is 16.5. The molecular formula is C10H18O2. The maximum atomic E-state index is 5.44. The van der Waals surface area contributed by atoms with E-state index in [0.717, 1.165) is 44.2 Å². The van der Waals surface area contributed by atoms with Crippen molar-refractivity contribution in [3.8, 4) is 0 Å². The van der Waals surface area contributed by atoms with Gasteiger partial charge in [-0.1, -0.05) is 6.92 Å². The fourth-order valence-corrected chi connectivity index (χ4v) is 2.20. The largest absolute Gasteiger partial charge is 0.381 e. The average Bonchev–Trinajstić information content (AvgIpc) is 2.65. The van der Waals surface area contributed by atoms with E-state index in [9.17, 15) is 0 Å². The summed E-state index contributed by atoms with van der Waals surface area (Å²) in [5, 5.41) is 0. The molecule has 0 bridgehead atoms. The van der Waals surface area contributed by atoms with Crippen molar-refractivity contribution >= 4 is 0 Å². The van der Waals surface area contributed by atoms with E-state index in [1.54, 1.807) is 0 Å². The Bertz CT molecular complexity index is 141. The van der Waals surface area contributed by atoms with Crippen molar-refractivity contribution in [3.05, 3.63) is 0 Å². The smallest absolute Gasteiger partial charge is 0.0497 e. The Morgan fingerprint density at radius 2 is 2.08 bits per heavy atom. The summed E-state index contributed by atoms with van der Waals surface area (Å²) in [5.41, 5.74) is 0. The van der Waals surface area contributed by atoms with Gasteiger partial charge in [-0.2, -0.15) is 0 Å². The van der Waals surface area contributed by atoms with Crippen molar-refractivity contribution in [2.75, 3.05) is 26.4 Å². The zero-order chi connectivity index (χ0) is 8.39. The molecule has 0 amide bonds. The van der Waals surface area contributed by atoms with Crippen LogP contribution in [0.1, 0.15) is 19.8 Å². The highest BCUT2D eigenvalue weighted by Gasteiger charge is 2.28. The minimum atomic E-state index is 0.769. The quantitative estimate of drug-likeness (QED) is 0.628. The van der Waals surface area contributed by atoms with Crippen LogP contribution in [0.4, 0.5) is 0 Å². The molecule has 0 aliphatic carbocycles. The molecule has 2 fully saturated rings. The lowest BCUT2D eigenvalue weighted by molar-refractivity contribution is 0.167. The Hall–Kier alpha value is -0.0800. The van der Waals surface area contributed by atoms with Crippen molar-refractivity contribution < 1.29 is 9.47 Å². The third kappa shape index (κ3) is 1.80. The minimum Gasteiger partial charge on any atom is -0.381 e. The van der Waals surface area contributed by atoms with Crippen molar-refractivity contribution in [1.29, 1.82) is 0 Å². The first-order valence-corrected chi connectivity index (χ1v) is 5.01. The van der Waals surface area contributed by atoms with Gasteiger partial charge in [-0.05, 0) is 30.6 Å². The van der Waals surface area contributed by atoms with Gasteiger partial charge in [-0.25, -0.2) is 0 Å². The zero-order valence-electron chi connectivity index (χ0n) is 7.79. The van der Waals surface area contributed by atoms with Crippen LogP contribution in [-0.4, -0.2) is 26.4 Å². The van der Waals surface area contributed by atoms with Crippen LogP contribution in [0.2, 0.25) is 0 Å². The number of hydrogen-bond donors (Lipinski definition) is 0. The summed E-state index contributed by atoms with van der Waals surface area (Å²) in [7, 11) is 0. The van der Waals surface area contributed by atoms with Crippen LogP contribution >= 0.6 is 0 Å². The topological polar surface area (TPSA) is 18.5 Å². The second-order valence-electron chi connectivity index (χ2n) is 4.24. The predicted octanol–water partition coefficient (Wildman–Crippen LogP) is 1.70. The van der Waals surface area contributed by atoms with Crippen molar-refractivity contribution in [1.82, 2.24) is 0 Å². The number of rotatable bonds is 2. The maximum absolute atomic E-state index is 5.44. The molecule has 2 heterocycles. The standard InChI is InChI=1S/C10H18O2/c1-8-5-12-7-10(8)4-9-2-3-11-6-9/h8-10H,2-7H2,1H3/t8-,9?,10?/m0/s1. The molecule has 2 nitrogen and oxygen atoms in total. The molecular weight excluding hydrogens is 152 g/mol. The molecule has 2 aliphatic rings. The third-order valence-electron chi connectivity index (χ3n) is 3.18. The van der Waals surface area contributed by atoms with Crippen LogP contribution in [0.15, 0.2) is 0 Å². The monoisotopic (exact) mass is 170 g/mol. The minimum absolute atomic E-state index is 0.769. The van der Waals surface area contributed by atoms with Crippen LogP contribution in [0.5, 0.6) is 0 Å². The molecule has 0 aromatic heterocycles. The molecule has 2 heteroatoms. The van der Waals surface area contributed by atoms with E-state index in [2.05, 4.69) is 6.92 Å². The summed E-state index contributed by atoms with van der Waals surface area (Å²) in [6.07, 6.45) is 2.59. The molecule has 2 aliphatic heterocycles. The van der Waals surface area contributed by atoms with Gasteiger partial charge in [-0.3, -0.25) is 0 Å². The summed E-state index contributed by atoms with van der Waals surface area (Å²) in [4.78, 5) is 0. The first-order valence-electron chi connectivity index (χ1n) is 5.01. The molecule has 2 unspecified atom stereocenters. The van der Waals surface area contributed by atoms with Crippen molar-refractivity contribution in [3.63, 3.8) is 0 Å². The van der Waals surface area contributed by atoms with E-state index in [4.69, 9.17) is 9.47 Å². The predicted molar refractivity (Wildman–Crippen MR) is 47.0 cm³/mol. The van der Waals surface area contributed by atoms with Crippen molar-refractivity contribution in [2.24, 2.45) is 17.8 Å². The van der Waals surface area contributed by atoms with Gasteiger partial charge in [0.2, 0.25) is 0 Å². The summed E-state index contributed by atoms with van der Waals surface area (Å²) in [5.74, 6) is 2.39. The number of hydrogen-bond acceptors (Lipinski definition) is 2. The normalized spacial score (nSPS) is 42.2. The van der Waals surface area contributed by atoms with Gasteiger partial charge in [0, 0.05) is 26.4 Å². The maximum Gasteiger partial charge on any atom is 0.0497 e. The van der Waals surface area contributed by atoms with Crippen molar-refractivity contribution in [2.45, 2.75) is 19.8 Å². The Morgan fingerprint density at radius 3 is 2.67 bits per heavy atom. The van der Waals surface area contributed by atoms with Crippen LogP contribution in [0.25, 0.3) is 0 Å². The van der Waals surface area contributed by atoms with Gasteiger partial charge in [0.15, 0.2) is 0 Å². The van der Waals surface area contributed by atoms with Gasteiger partial charge in [0.1, 0.15) is 0 Å². The number of ether oxygens (including phenoxy) is 2. The molecule has 0 radical (unpaired) electrons. The van der Waals surface area contributed by atoms with E-state index < -0.39 is 0 Å². The molecule has 12 heavy (non-hydrogen) atoms. The second kappa shape index (κ2) is 3.75. The lowest BCUT2D eigenvalue weighted by Crippen LogP contribution is -2.14. The summed E-state index contributed by atoms with van der Waals surface area (Å²) >= 11 is 0. The molecule has 0 spiro atoms. The van der Waals surface area contributed by atoms with Crippen LogP contribution in [-0.2, 0) is 9.47 Å². The summed E-state index contributed by atoms with van der Waals surface area (Å²) < 4.78 is 10.8. The summed E-state index contributed by atoms with van der Waals surface area (Å²) in [6.45, 7) is 6.22. The molecule has 0 aromatic rings. The first kappa shape index (κ1) is 8.52. The Morgan fingerprint density at radius 1 is 1.17 bits per heavy atom. The van der Waals surface area contributed by atoms with Gasteiger partial charge >= 0.3 is 0 Å². The lowest BCUT2D eigenvalue weighted by Gasteiger charge is -2.16. The zero-order valence-corrected chi connectivity index (χ0v) is 7.79. The van der Waals surface area contributed by atoms with E-state index in [0.29, 0.717) is 0 Å². The second-order valence-corrected chi connectivity index (χ2v) is 4.24. The van der Waals surface area contributed by atoms with E-state index >= 15 is 0 Å². The fourth-order valence-electron chi connectivity index (χ4n) is 2.20. The van der Waals surface area contributed by atoms with E-state index in [1.165, 1.54) is 12.8 Å². The van der Waals surface area contributed by atoms with Gasteiger partial charge < -0.3 is 9.47 Å². The van der Waals surface area contributed by atoms with Gasteiger partial charge in [-0.15, -0.1) is 0 Å². The fraction of sp³-hybridized carbons (Fsp3) is 1.00. The van der Waals surface area contributed by atoms with Crippen LogP contribution in [0.3, 0.4) is 0 Å². The summed E-state index contributed by atoms with van der Waals surface area (Å²) in [6, 6.07) is 0. The Balaban J connectivity index is 1.77. The molecule has 0 saturated carbocycles. The molecule has 2 rings (SSSR count). The Labute approximate surface area is 74.2 Å². The molecule has 70 valence electrons. The SMILES string of the molecule is C[C@H]1COCC1CC1CCOC1. The van der Waals surface area contributed by atoms with Crippen LogP contribution < -0.4 is 0 Å². The third-order valence-corrected chi connectivity index (χ3v) is 3.18.